The molecule has 0 amide bonds. The van der Waals surface area contributed by atoms with Crippen LogP contribution in [0.1, 0.15) is 5.56 Å². The minimum atomic E-state index is 0.778. The Hall–Kier alpha value is -2.77. The van der Waals surface area contributed by atoms with Crippen molar-refractivity contribution in [2.45, 2.75) is 5.75 Å². The van der Waals surface area contributed by atoms with E-state index in [1.54, 1.807) is 42.1 Å². The molecule has 26 heavy (non-hydrogen) atoms. The fourth-order valence-corrected chi connectivity index (χ4v) is 4.53. The van der Waals surface area contributed by atoms with Crippen LogP contribution in [-0.2, 0) is 5.75 Å². The zero-order valence-corrected chi connectivity index (χ0v) is 15.2. The Morgan fingerprint density at radius 1 is 1.04 bits per heavy atom. The Labute approximate surface area is 157 Å². The standard InChI is InChI=1S/C19H13N5S2/c1-2-4-13(5-3-1)18-14(8-17-15(23-18)6-7-25-17)10-26-24-12-22-16-9-20-11-21-19(16)24/h1-9,11-12H,10H2. The molecule has 1 aromatic carbocycles. The minimum Gasteiger partial charge on any atom is -0.256 e. The number of aromatic nitrogens is 5. The van der Waals surface area contributed by atoms with Crippen molar-refractivity contribution < 1.29 is 0 Å². The topological polar surface area (TPSA) is 56.5 Å². The van der Waals surface area contributed by atoms with Crippen LogP contribution in [0.25, 0.3) is 32.6 Å². The highest BCUT2D eigenvalue weighted by molar-refractivity contribution is 7.97. The van der Waals surface area contributed by atoms with Gasteiger partial charge in [-0.3, -0.25) is 3.97 Å². The van der Waals surface area contributed by atoms with E-state index >= 15 is 0 Å². The monoisotopic (exact) mass is 375 g/mol. The number of benzene rings is 1. The zero-order valence-electron chi connectivity index (χ0n) is 13.6. The van der Waals surface area contributed by atoms with Crippen LogP contribution < -0.4 is 0 Å². The summed E-state index contributed by atoms with van der Waals surface area (Å²) in [5.41, 5.74) is 6.04. The summed E-state index contributed by atoms with van der Waals surface area (Å²) in [5.74, 6) is 0.778. The fraction of sp³-hybridized carbons (Fsp3) is 0.0526. The van der Waals surface area contributed by atoms with Gasteiger partial charge in [0.1, 0.15) is 18.2 Å². The molecule has 0 radical (unpaired) electrons. The van der Waals surface area contributed by atoms with Gasteiger partial charge in [0.15, 0.2) is 5.65 Å². The van der Waals surface area contributed by atoms with Crippen LogP contribution in [0.2, 0.25) is 0 Å². The SMILES string of the molecule is c1ccc(-c2nc3ccsc3cc2CSn2cnc3cncnc32)cc1. The van der Waals surface area contributed by atoms with E-state index in [9.17, 15) is 0 Å². The second-order valence-corrected chi connectivity index (χ2v) is 7.63. The summed E-state index contributed by atoms with van der Waals surface area (Å²) in [4.78, 5) is 17.6. The molecule has 0 aliphatic rings. The Bertz CT molecular complexity index is 1200. The molecular formula is C19H13N5S2. The Morgan fingerprint density at radius 3 is 2.88 bits per heavy atom. The summed E-state index contributed by atoms with van der Waals surface area (Å²) in [6, 6.07) is 14.7. The summed E-state index contributed by atoms with van der Waals surface area (Å²) in [7, 11) is 0. The predicted molar refractivity (Wildman–Crippen MR) is 107 cm³/mol. The van der Waals surface area contributed by atoms with E-state index in [1.165, 1.54) is 10.3 Å². The van der Waals surface area contributed by atoms with Crippen LogP contribution in [0.4, 0.5) is 0 Å². The van der Waals surface area contributed by atoms with Gasteiger partial charge in [-0.2, -0.15) is 0 Å². The quantitative estimate of drug-likeness (QED) is 0.452. The van der Waals surface area contributed by atoms with Gasteiger partial charge in [0.2, 0.25) is 0 Å². The van der Waals surface area contributed by atoms with Gasteiger partial charge in [-0.05, 0) is 35.0 Å². The van der Waals surface area contributed by atoms with E-state index in [1.807, 2.05) is 22.2 Å². The Kier molecular flexibility index (Phi) is 3.88. The lowest BCUT2D eigenvalue weighted by molar-refractivity contribution is 1.17. The predicted octanol–water partition coefficient (Wildman–Crippen LogP) is 4.80. The molecule has 0 aliphatic carbocycles. The van der Waals surface area contributed by atoms with Gasteiger partial charge < -0.3 is 0 Å². The van der Waals surface area contributed by atoms with Crippen LogP contribution in [0.3, 0.4) is 0 Å². The van der Waals surface area contributed by atoms with E-state index in [0.29, 0.717) is 0 Å². The summed E-state index contributed by atoms with van der Waals surface area (Å²) < 4.78 is 3.20. The van der Waals surface area contributed by atoms with E-state index in [0.717, 1.165) is 33.7 Å². The molecule has 7 heteroatoms. The van der Waals surface area contributed by atoms with E-state index < -0.39 is 0 Å². The first-order valence-corrected chi connectivity index (χ1v) is 9.89. The molecule has 5 rings (SSSR count). The lowest BCUT2D eigenvalue weighted by Gasteiger charge is -2.10. The number of thiophene rings is 1. The fourth-order valence-electron chi connectivity index (χ4n) is 2.87. The number of rotatable bonds is 4. The molecule has 0 N–H and O–H groups in total. The number of fused-ring (bicyclic) bond motifs is 2. The van der Waals surface area contributed by atoms with Crippen LogP contribution in [0.5, 0.6) is 0 Å². The van der Waals surface area contributed by atoms with Crippen LogP contribution >= 0.6 is 23.3 Å². The maximum Gasteiger partial charge on any atom is 0.173 e. The van der Waals surface area contributed by atoms with Crippen molar-refractivity contribution in [1.29, 1.82) is 0 Å². The van der Waals surface area contributed by atoms with Crippen molar-refractivity contribution in [2.24, 2.45) is 0 Å². The molecule has 0 saturated heterocycles. The minimum absolute atomic E-state index is 0.778. The Morgan fingerprint density at radius 2 is 1.96 bits per heavy atom. The van der Waals surface area contributed by atoms with Gasteiger partial charge in [-0.15, -0.1) is 11.3 Å². The molecule has 4 heterocycles. The summed E-state index contributed by atoms with van der Waals surface area (Å²) in [5, 5.41) is 2.09. The van der Waals surface area contributed by atoms with Crippen molar-refractivity contribution >= 4 is 44.7 Å². The van der Waals surface area contributed by atoms with Crippen molar-refractivity contribution in [1.82, 2.24) is 23.9 Å². The highest BCUT2D eigenvalue weighted by Gasteiger charge is 2.12. The van der Waals surface area contributed by atoms with Crippen molar-refractivity contribution in [3.63, 3.8) is 0 Å². The highest BCUT2D eigenvalue weighted by atomic mass is 32.2. The number of pyridine rings is 1. The first kappa shape index (κ1) is 15.5. The average Bonchev–Trinajstić information content (AvgIpc) is 3.32. The molecule has 5 nitrogen and oxygen atoms in total. The molecule has 4 aromatic heterocycles. The largest absolute Gasteiger partial charge is 0.256 e. The molecule has 0 saturated carbocycles. The van der Waals surface area contributed by atoms with Crippen molar-refractivity contribution in [3.8, 4) is 11.3 Å². The first-order chi connectivity index (χ1) is 12.9. The first-order valence-electron chi connectivity index (χ1n) is 8.07. The number of hydrogen-bond acceptors (Lipinski definition) is 6. The third-order valence-corrected chi connectivity index (χ3v) is 5.94. The number of nitrogens with zero attached hydrogens (tertiary/aromatic N) is 5. The van der Waals surface area contributed by atoms with Gasteiger partial charge in [0.25, 0.3) is 0 Å². The van der Waals surface area contributed by atoms with Crippen LogP contribution in [0.15, 0.2) is 66.7 Å². The van der Waals surface area contributed by atoms with E-state index in [2.05, 4.69) is 44.6 Å². The Balaban J connectivity index is 1.55. The lowest BCUT2D eigenvalue weighted by Crippen LogP contribution is -1.95. The molecule has 0 fully saturated rings. The molecule has 0 unspecified atom stereocenters. The van der Waals surface area contributed by atoms with E-state index in [-0.39, 0.29) is 0 Å². The zero-order chi connectivity index (χ0) is 17.3. The molecule has 0 aliphatic heterocycles. The maximum absolute atomic E-state index is 4.91. The summed E-state index contributed by atoms with van der Waals surface area (Å²) in [6.45, 7) is 0. The molecule has 5 aromatic rings. The lowest BCUT2D eigenvalue weighted by atomic mass is 10.1. The molecule has 0 bridgehead atoms. The third-order valence-electron chi connectivity index (χ3n) is 4.10. The molecular weight excluding hydrogens is 362 g/mol. The van der Waals surface area contributed by atoms with Gasteiger partial charge >= 0.3 is 0 Å². The van der Waals surface area contributed by atoms with Gasteiger partial charge in [-0.25, -0.2) is 19.9 Å². The van der Waals surface area contributed by atoms with Crippen LogP contribution in [-0.4, -0.2) is 23.9 Å². The second-order valence-electron chi connectivity index (χ2n) is 5.74. The number of imidazole rings is 1. The smallest absolute Gasteiger partial charge is 0.173 e. The van der Waals surface area contributed by atoms with E-state index in [4.69, 9.17) is 4.98 Å². The maximum atomic E-state index is 4.91. The van der Waals surface area contributed by atoms with Crippen molar-refractivity contribution in [2.75, 3.05) is 0 Å². The van der Waals surface area contributed by atoms with Gasteiger partial charge in [0, 0.05) is 11.3 Å². The van der Waals surface area contributed by atoms with Crippen LogP contribution in [0, 0.1) is 0 Å². The van der Waals surface area contributed by atoms with Crippen molar-refractivity contribution in [3.05, 3.63) is 72.3 Å². The number of hydrogen-bond donors (Lipinski definition) is 0. The van der Waals surface area contributed by atoms with Gasteiger partial charge in [-0.1, -0.05) is 30.3 Å². The molecule has 126 valence electrons. The summed E-state index contributed by atoms with van der Waals surface area (Å²) in [6.07, 6.45) is 5.08. The molecule has 0 spiro atoms. The third kappa shape index (κ3) is 2.75. The second kappa shape index (κ2) is 6.51. The molecule has 0 atom stereocenters. The normalized spacial score (nSPS) is 11.4. The highest BCUT2D eigenvalue weighted by Crippen LogP contribution is 2.31. The summed E-state index contributed by atoms with van der Waals surface area (Å²) >= 11 is 3.38. The van der Waals surface area contributed by atoms with Gasteiger partial charge in [0.05, 0.1) is 22.1 Å². The average molecular weight is 375 g/mol.